The summed E-state index contributed by atoms with van der Waals surface area (Å²) in [5, 5.41) is 0. The van der Waals surface area contributed by atoms with Gasteiger partial charge < -0.3 is 5.73 Å². The Morgan fingerprint density at radius 2 is 2.00 bits per heavy atom. The number of hydrogen-bond acceptors (Lipinski definition) is 2. The zero-order valence-corrected chi connectivity index (χ0v) is 10.1. The normalized spacial score (nSPS) is 14.8. The van der Waals surface area contributed by atoms with Gasteiger partial charge in [-0.05, 0) is 26.0 Å². The lowest BCUT2D eigenvalue weighted by Gasteiger charge is -2.08. The number of aliphatic imine (C=N–C) groups is 1. The third kappa shape index (κ3) is 2.84. The molecule has 0 amide bonds. The monoisotopic (exact) mass is 210 g/mol. The maximum absolute atomic E-state index is 5.82. The fourth-order valence-electron chi connectivity index (χ4n) is 1.11. The van der Waals surface area contributed by atoms with Crippen LogP contribution < -0.4 is 5.73 Å². The summed E-state index contributed by atoms with van der Waals surface area (Å²) in [6.07, 6.45) is 0. The third-order valence-corrected chi connectivity index (χ3v) is 3.28. The van der Waals surface area contributed by atoms with E-state index in [0.29, 0.717) is 5.92 Å². The fourth-order valence-corrected chi connectivity index (χ4v) is 1.98. The Labute approximate surface area is 89.9 Å². The first kappa shape index (κ1) is 11.2. The number of rotatable bonds is 3. The molecule has 0 spiro atoms. The first-order valence-corrected chi connectivity index (χ1v) is 5.72. The summed E-state index contributed by atoms with van der Waals surface area (Å²) in [6, 6.07) is 4.44. The van der Waals surface area contributed by atoms with Crippen molar-refractivity contribution in [3.05, 3.63) is 21.9 Å². The molecule has 14 heavy (non-hydrogen) atoms. The van der Waals surface area contributed by atoms with Crippen LogP contribution in [0.4, 0.5) is 0 Å². The lowest BCUT2D eigenvalue weighted by Crippen LogP contribution is -2.19. The zero-order valence-electron chi connectivity index (χ0n) is 9.24. The van der Waals surface area contributed by atoms with E-state index in [1.54, 1.807) is 11.3 Å². The van der Waals surface area contributed by atoms with Crippen LogP contribution in [0.2, 0.25) is 0 Å². The molecular weight excluding hydrogens is 192 g/mol. The average Bonchev–Trinajstić information content (AvgIpc) is 2.51. The molecule has 1 aromatic rings. The standard InChI is InChI=1S/C11H18N2S/c1-7(2)11(12)13-9(4)10-6-5-8(3)14-10/h5-7,9H,1-4H3,(H2,12,13). The van der Waals surface area contributed by atoms with Crippen molar-refractivity contribution in [2.24, 2.45) is 16.6 Å². The molecule has 0 fully saturated rings. The number of aryl methyl sites for hydroxylation is 1. The van der Waals surface area contributed by atoms with Crippen LogP contribution in [-0.2, 0) is 0 Å². The van der Waals surface area contributed by atoms with Crippen molar-refractivity contribution >= 4 is 17.2 Å². The van der Waals surface area contributed by atoms with Gasteiger partial charge in [0.05, 0.1) is 11.9 Å². The van der Waals surface area contributed by atoms with Crippen molar-refractivity contribution in [1.82, 2.24) is 0 Å². The second-order valence-corrected chi connectivity index (χ2v) is 5.15. The maximum atomic E-state index is 5.82. The number of thiophene rings is 1. The van der Waals surface area contributed by atoms with E-state index in [1.807, 2.05) is 0 Å². The second-order valence-electron chi connectivity index (χ2n) is 3.83. The molecule has 1 heterocycles. The first-order chi connectivity index (χ1) is 6.50. The molecule has 0 aliphatic heterocycles. The highest BCUT2D eigenvalue weighted by molar-refractivity contribution is 7.12. The number of nitrogens with two attached hydrogens (primary N) is 1. The van der Waals surface area contributed by atoms with Crippen LogP contribution >= 0.6 is 11.3 Å². The van der Waals surface area contributed by atoms with Crippen LogP contribution in [0, 0.1) is 12.8 Å². The van der Waals surface area contributed by atoms with Crippen LogP contribution in [0.5, 0.6) is 0 Å². The summed E-state index contributed by atoms with van der Waals surface area (Å²) in [7, 11) is 0. The Hall–Kier alpha value is -0.830. The fraction of sp³-hybridized carbons (Fsp3) is 0.545. The molecule has 2 N–H and O–H groups in total. The van der Waals surface area contributed by atoms with Gasteiger partial charge in [0.2, 0.25) is 0 Å². The minimum atomic E-state index is 0.191. The second kappa shape index (κ2) is 4.60. The molecule has 1 rings (SSSR count). The van der Waals surface area contributed by atoms with Gasteiger partial charge in [0.25, 0.3) is 0 Å². The summed E-state index contributed by atoms with van der Waals surface area (Å²) in [6.45, 7) is 8.31. The number of amidine groups is 1. The van der Waals surface area contributed by atoms with Crippen LogP contribution in [0.25, 0.3) is 0 Å². The minimum absolute atomic E-state index is 0.191. The van der Waals surface area contributed by atoms with Crippen LogP contribution in [0.15, 0.2) is 17.1 Å². The highest BCUT2D eigenvalue weighted by Gasteiger charge is 2.07. The molecule has 2 nitrogen and oxygen atoms in total. The predicted octanol–water partition coefficient (Wildman–Crippen LogP) is 3.13. The summed E-state index contributed by atoms with van der Waals surface area (Å²) >= 11 is 1.79. The summed E-state index contributed by atoms with van der Waals surface area (Å²) in [5.74, 6) is 1.07. The molecule has 78 valence electrons. The van der Waals surface area contributed by atoms with E-state index in [2.05, 4.69) is 44.8 Å². The highest BCUT2D eigenvalue weighted by Crippen LogP contribution is 2.25. The van der Waals surface area contributed by atoms with E-state index in [0.717, 1.165) is 5.84 Å². The van der Waals surface area contributed by atoms with Crippen LogP contribution in [0.3, 0.4) is 0 Å². The SMILES string of the molecule is Cc1ccc(C(C)N=C(N)C(C)C)s1. The molecule has 0 aromatic carbocycles. The van der Waals surface area contributed by atoms with E-state index in [9.17, 15) is 0 Å². The van der Waals surface area contributed by atoms with Gasteiger partial charge in [-0.25, -0.2) is 0 Å². The Balaban J connectivity index is 2.76. The van der Waals surface area contributed by atoms with Gasteiger partial charge in [-0.2, -0.15) is 0 Å². The van der Waals surface area contributed by atoms with Gasteiger partial charge in [-0.15, -0.1) is 11.3 Å². The number of nitrogens with zero attached hydrogens (tertiary/aromatic N) is 1. The molecule has 0 saturated heterocycles. The van der Waals surface area contributed by atoms with Crippen molar-refractivity contribution in [2.75, 3.05) is 0 Å². The van der Waals surface area contributed by atoms with Crippen LogP contribution in [0.1, 0.15) is 36.6 Å². The molecule has 0 aliphatic rings. The van der Waals surface area contributed by atoms with E-state index < -0.39 is 0 Å². The third-order valence-electron chi connectivity index (χ3n) is 2.11. The van der Waals surface area contributed by atoms with Gasteiger partial charge in [0.1, 0.15) is 0 Å². The van der Waals surface area contributed by atoms with Crippen molar-refractivity contribution < 1.29 is 0 Å². The van der Waals surface area contributed by atoms with E-state index in [1.165, 1.54) is 9.75 Å². The largest absolute Gasteiger partial charge is 0.387 e. The molecule has 0 bridgehead atoms. The lowest BCUT2D eigenvalue weighted by atomic mass is 10.2. The molecule has 1 unspecified atom stereocenters. The Bertz CT molecular complexity index is 326. The van der Waals surface area contributed by atoms with Crippen molar-refractivity contribution in [3.63, 3.8) is 0 Å². The quantitative estimate of drug-likeness (QED) is 0.604. The summed E-state index contributed by atoms with van der Waals surface area (Å²) in [5.41, 5.74) is 5.82. The van der Waals surface area contributed by atoms with Gasteiger partial charge >= 0.3 is 0 Å². The van der Waals surface area contributed by atoms with Crippen LogP contribution in [-0.4, -0.2) is 5.84 Å². The van der Waals surface area contributed by atoms with Crippen molar-refractivity contribution in [2.45, 2.75) is 33.7 Å². The van der Waals surface area contributed by atoms with Crippen molar-refractivity contribution in [3.8, 4) is 0 Å². The van der Waals surface area contributed by atoms with E-state index in [4.69, 9.17) is 5.73 Å². The highest BCUT2D eigenvalue weighted by atomic mass is 32.1. The van der Waals surface area contributed by atoms with Gasteiger partial charge in [0, 0.05) is 15.7 Å². The smallest absolute Gasteiger partial charge is 0.0970 e. The maximum Gasteiger partial charge on any atom is 0.0970 e. The van der Waals surface area contributed by atoms with Gasteiger partial charge in [-0.3, -0.25) is 4.99 Å². The molecule has 0 aliphatic carbocycles. The molecular formula is C11H18N2S. The molecule has 0 radical (unpaired) electrons. The topological polar surface area (TPSA) is 38.4 Å². The van der Waals surface area contributed by atoms with E-state index >= 15 is 0 Å². The van der Waals surface area contributed by atoms with Gasteiger partial charge in [-0.1, -0.05) is 13.8 Å². The molecule has 1 atom stereocenters. The minimum Gasteiger partial charge on any atom is -0.387 e. The number of hydrogen-bond donors (Lipinski definition) is 1. The van der Waals surface area contributed by atoms with Crippen molar-refractivity contribution in [1.29, 1.82) is 0 Å². The summed E-state index contributed by atoms with van der Waals surface area (Å²) in [4.78, 5) is 7.07. The zero-order chi connectivity index (χ0) is 10.7. The summed E-state index contributed by atoms with van der Waals surface area (Å²) < 4.78 is 0. The Morgan fingerprint density at radius 3 is 2.43 bits per heavy atom. The Kier molecular flexibility index (Phi) is 3.69. The lowest BCUT2D eigenvalue weighted by molar-refractivity contribution is 0.791. The first-order valence-electron chi connectivity index (χ1n) is 4.90. The van der Waals surface area contributed by atoms with Gasteiger partial charge in [0.15, 0.2) is 0 Å². The molecule has 3 heteroatoms. The molecule has 0 saturated carbocycles. The Morgan fingerprint density at radius 1 is 1.36 bits per heavy atom. The van der Waals surface area contributed by atoms with E-state index in [-0.39, 0.29) is 6.04 Å². The molecule has 1 aromatic heterocycles. The average molecular weight is 210 g/mol. The predicted molar refractivity (Wildman–Crippen MR) is 63.9 cm³/mol.